The Kier molecular flexibility index (Phi) is 35.8. The molecule has 0 amide bonds. The van der Waals surface area contributed by atoms with Gasteiger partial charge in [-0.05, 0) is 96.3 Å². The Balaban J connectivity index is 4.54. The molecule has 0 bridgehead atoms. The topological polar surface area (TPSA) is 78.9 Å². The molecule has 1 unspecified atom stereocenters. The largest absolute Gasteiger partial charge is 0.462 e. The number of carbonyl (C=O) groups excluding carboxylic acids is 3. The van der Waals surface area contributed by atoms with Crippen molar-refractivity contribution in [1.82, 2.24) is 0 Å². The lowest BCUT2D eigenvalue weighted by molar-refractivity contribution is -0.167. The zero-order chi connectivity index (χ0) is 36.6. The molecule has 6 nitrogen and oxygen atoms in total. The average molecular weight is 695 g/mol. The standard InChI is InChI=1S/C44H70O6/c1-4-7-10-13-16-19-21-23-25-28-31-34-37-43(46)49-40-41(39-48-42(45)36-33-30-27-24-18-15-12-9-6-3)50-44(47)38-35-32-29-26-22-20-17-14-11-8-5-2/h7,9-10,12,14,16-20,22-25,41H,4-6,8,11,13,15,21,26-40H2,1-3H3/b10-7-,12-9-,17-14-,19-16-,22-20-,24-18-,25-23-. The number of allylic oxidation sites excluding steroid dienone is 14. The molecule has 0 aromatic heterocycles. The summed E-state index contributed by atoms with van der Waals surface area (Å²) in [5.74, 6) is -1.04. The van der Waals surface area contributed by atoms with E-state index in [1.165, 1.54) is 12.8 Å². The molecule has 0 aliphatic heterocycles. The summed E-state index contributed by atoms with van der Waals surface area (Å²) in [5, 5.41) is 0. The van der Waals surface area contributed by atoms with Crippen LogP contribution >= 0.6 is 0 Å². The highest BCUT2D eigenvalue weighted by Gasteiger charge is 2.19. The van der Waals surface area contributed by atoms with Gasteiger partial charge in [0.25, 0.3) is 0 Å². The monoisotopic (exact) mass is 695 g/mol. The van der Waals surface area contributed by atoms with Crippen molar-refractivity contribution >= 4 is 17.9 Å². The summed E-state index contributed by atoms with van der Waals surface area (Å²) in [7, 11) is 0. The number of hydrogen-bond donors (Lipinski definition) is 0. The van der Waals surface area contributed by atoms with Crippen LogP contribution in [0, 0.1) is 0 Å². The minimum absolute atomic E-state index is 0.119. The molecule has 0 radical (unpaired) electrons. The molecule has 0 N–H and O–H groups in total. The number of carbonyl (C=O) groups is 3. The first kappa shape index (κ1) is 46.6. The van der Waals surface area contributed by atoms with Gasteiger partial charge in [0, 0.05) is 19.3 Å². The summed E-state index contributed by atoms with van der Waals surface area (Å²) in [6, 6.07) is 0. The first-order chi connectivity index (χ1) is 24.5. The molecule has 0 aromatic carbocycles. The molecule has 6 heteroatoms. The highest BCUT2D eigenvalue weighted by Crippen LogP contribution is 2.10. The van der Waals surface area contributed by atoms with Crippen molar-refractivity contribution in [2.75, 3.05) is 13.2 Å². The molecule has 0 aliphatic rings. The first-order valence-corrected chi connectivity index (χ1v) is 19.6. The molecule has 282 valence electrons. The van der Waals surface area contributed by atoms with Crippen molar-refractivity contribution in [1.29, 1.82) is 0 Å². The fourth-order valence-corrected chi connectivity index (χ4v) is 4.70. The lowest BCUT2D eigenvalue weighted by atomic mass is 10.1. The van der Waals surface area contributed by atoms with Crippen LogP contribution in [0.15, 0.2) is 85.1 Å². The fourth-order valence-electron chi connectivity index (χ4n) is 4.70. The van der Waals surface area contributed by atoms with E-state index in [9.17, 15) is 14.4 Å². The van der Waals surface area contributed by atoms with Crippen LogP contribution in [-0.2, 0) is 28.6 Å². The number of rotatable bonds is 33. The van der Waals surface area contributed by atoms with Gasteiger partial charge in [-0.3, -0.25) is 14.4 Å². The lowest BCUT2D eigenvalue weighted by Crippen LogP contribution is -2.30. The minimum atomic E-state index is -0.814. The highest BCUT2D eigenvalue weighted by molar-refractivity contribution is 5.71. The van der Waals surface area contributed by atoms with E-state index < -0.39 is 6.10 Å². The summed E-state index contributed by atoms with van der Waals surface area (Å²) in [4.78, 5) is 37.4. The Morgan fingerprint density at radius 1 is 0.440 bits per heavy atom. The highest BCUT2D eigenvalue weighted by atomic mass is 16.6. The predicted octanol–water partition coefficient (Wildman–Crippen LogP) is 12.1. The van der Waals surface area contributed by atoms with Gasteiger partial charge < -0.3 is 14.2 Å². The molecule has 0 saturated heterocycles. The van der Waals surface area contributed by atoms with Crippen molar-refractivity contribution in [3.05, 3.63) is 85.1 Å². The van der Waals surface area contributed by atoms with Gasteiger partial charge in [0.05, 0.1) is 0 Å². The van der Waals surface area contributed by atoms with Crippen LogP contribution in [0.3, 0.4) is 0 Å². The molecule has 50 heavy (non-hydrogen) atoms. The summed E-state index contributed by atoms with van der Waals surface area (Å²) < 4.78 is 16.5. The molecule has 0 aliphatic carbocycles. The van der Waals surface area contributed by atoms with Gasteiger partial charge in [-0.25, -0.2) is 0 Å². The molecule has 0 rings (SSSR count). The van der Waals surface area contributed by atoms with E-state index in [1.54, 1.807) is 0 Å². The summed E-state index contributed by atoms with van der Waals surface area (Å²) >= 11 is 0. The van der Waals surface area contributed by atoms with Crippen LogP contribution in [0.5, 0.6) is 0 Å². The third-order valence-corrected chi connectivity index (χ3v) is 7.64. The fraction of sp³-hybridized carbons (Fsp3) is 0.614. The van der Waals surface area contributed by atoms with E-state index >= 15 is 0 Å². The van der Waals surface area contributed by atoms with Gasteiger partial charge in [0.15, 0.2) is 6.10 Å². The van der Waals surface area contributed by atoms with Crippen molar-refractivity contribution in [2.24, 2.45) is 0 Å². The Morgan fingerprint density at radius 3 is 1.34 bits per heavy atom. The van der Waals surface area contributed by atoms with E-state index in [-0.39, 0.29) is 37.5 Å². The van der Waals surface area contributed by atoms with Gasteiger partial charge in [-0.2, -0.15) is 0 Å². The van der Waals surface area contributed by atoms with Crippen LogP contribution in [-0.4, -0.2) is 37.2 Å². The normalized spacial score (nSPS) is 12.9. The number of ether oxygens (including phenoxy) is 3. The van der Waals surface area contributed by atoms with Gasteiger partial charge in [-0.15, -0.1) is 0 Å². The van der Waals surface area contributed by atoms with Gasteiger partial charge in [0.2, 0.25) is 0 Å². The third kappa shape index (κ3) is 35.9. The summed E-state index contributed by atoms with van der Waals surface area (Å²) in [5.41, 5.74) is 0. The Hall–Kier alpha value is -3.41. The molecule has 1 atom stereocenters. The SMILES string of the molecule is CC/C=C\C/C=C\C/C=C\CCCCC(=O)OCC(COC(=O)CCCC/C=C\C/C=C\CC)OC(=O)CCCCC/C=C\C=C/CCCC. The number of esters is 3. The zero-order valence-corrected chi connectivity index (χ0v) is 31.9. The van der Waals surface area contributed by atoms with Crippen molar-refractivity contribution < 1.29 is 28.6 Å². The van der Waals surface area contributed by atoms with Gasteiger partial charge in [0.1, 0.15) is 13.2 Å². The maximum absolute atomic E-state index is 12.6. The van der Waals surface area contributed by atoms with E-state index in [0.29, 0.717) is 12.8 Å². The van der Waals surface area contributed by atoms with Crippen LogP contribution in [0.2, 0.25) is 0 Å². The van der Waals surface area contributed by atoms with Crippen molar-refractivity contribution in [3.8, 4) is 0 Å². The van der Waals surface area contributed by atoms with Gasteiger partial charge in [-0.1, -0.05) is 125 Å². The summed E-state index contributed by atoms with van der Waals surface area (Å²) in [6.45, 7) is 6.20. The zero-order valence-electron chi connectivity index (χ0n) is 31.9. The Bertz CT molecular complexity index is 1030. The third-order valence-electron chi connectivity index (χ3n) is 7.64. The van der Waals surface area contributed by atoms with Crippen LogP contribution in [0.25, 0.3) is 0 Å². The Morgan fingerprint density at radius 2 is 0.840 bits per heavy atom. The second-order valence-electron chi connectivity index (χ2n) is 12.4. The summed E-state index contributed by atoms with van der Waals surface area (Å²) in [6.07, 6.45) is 47.3. The first-order valence-electron chi connectivity index (χ1n) is 19.6. The van der Waals surface area contributed by atoms with Crippen molar-refractivity contribution in [3.63, 3.8) is 0 Å². The molecular formula is C44H70O6. The van der Waals surface area contributed by atoms with Crippen LogP contribution < -0.4 is 0 Å². The van der Waals surface area contributed by atoms with E-state index in [4.69, 9.17) is 14.2 Å². The molecule has 0 fully saturated rings. The van der Waals surface area contributed by atoms with E-state index in [2.05, 4.69) is 106 Å². The minimum Gasteiger partial charge on any atom is -0.462 e. The lowest BCUT2D eigenvalue weighted by Gasteiger charge is -2.18. The molecular weight excluding hydrogens is 624 g/mol. The van der Waals surface area contributed by atoms with Crippen LogP contribution in [0.4, 0.5) is 0 Å². The van der Waals surface area contributed by atoms with Crippen molar-refractivity contribution in [2.45, 2.75) is 162 Å². The molecule has 0 spiro atoms. The van der Waals surface area contributed by atoms with E-state index in [1.807, 2.05) is 0 Å². The Labute approximate surface area is 305 Å². The molecule has 0 heterocycles. The molecule has 0 aromatic rings. The maximum atomic E-state index is 12.6. The second-order valence-corrected chi connectivity index (χ2v) is 12.4. The average Bonchev–Trinajstić information content (AvgIpc) is 3.11. The smallest absolute Gasteiger partial charge is 0.306 e. The van der Waals surface area contributed by atoms with Gasteiger partial charge >= 0.3 is 17.9 Å². The van der Waals surface area contributed by atoms with Crippen LogP contribution in [0.1, 0.15) is 156 Å². The molecule has 0 saturated carbocycles. The van der Waals surface area contributed by atoms with E-state index in [0.717, 1.165) is 103 Å². The quantitative estimate of drug-likeness (QED) is 0.0224. The maximum Gasteiger partial charge on any atom is 0.306 e. The predicted molar refractivity (Wildman–Crippen MR) is 210 cm³/mol. The number of hydrogen-bond acceptors (Lipinski definition) is 6. The second kappa shape index (κ2) is 38.4. The number of unbranched alkanes of at least 4 members (excludes halogenated alkanes) is 9.